The molecule has 0 aliphatic heterocycles. The van der Waals surface area contributed by atoms with Gasteiger partial charge in [0.2, 0.25) is 0 Å². The average Bonchev–Trinajstić information content (AvgIpc) is 0.788. The third-order valence-electron chi connectivity index (χ3n) is 26.5. The van der Waals surface area contributed by atoms with Gasteiger partial charge in [0.1, 0.15) is 34.5 Å². The fraction of sp³-hybridized carbons (Fsp3) is 0.695. The lowest BCUT2D eigenvalue weighted by Crippen LogP contribution is -2.19. The second-order valence-electron chi connectivity index (χ2n) is 41.9. The van der Waals surface area contributed by atoms with Crippen molar-refractivity contribution in [3.63, 3.8) is 0 Å². The van der Waals surface area contributed by atoms with Gasteiger partial charge in [-0.3, -0.25) is 13.6 Å². The highest BCUT2D eigenvalue weighted by Crippen LogP contribution is 2.53. The van der Waals surface area contributed by atoms with E-state index in [4.69, 9.17) is 40.7 Å². The molecular weight excluding hydrogens is 1650 g/mol. The van der Waals surface area contributed by atoms with E-state index in [-0.39, 0.29) is 28.1 Å². The normalized spacial score (nSPS) is 13.2. The monoisotopic (exact) mass is 1850 g/mol. The molecule has 6 aromatic carbocycles. The van der Waals surface area contributed by atoms with Crippen LogP contribution in [0.5, 0.6) is 34.5 Å². The Kier molecular flexibility index (Phi) is 59.2. The highest BCUT2D eigenvalue weighted by Gasteiger charge is 2.35. The van der Waals surface area contributed by atoms with Gasteiger partial charge in [0.05, 0.1) is 19.8 Å². The van der Waals surface area contributed by atoms with Crippen molar-refractivity contribution in [2.24, 2.45) is 0 Å². The Morgan fingerprint density at radius 1 is 0.238 bits per heavy atom. The maximum absolute atomic E-state index is 7.36. The zero-order valence-corrected chi connectivity index (χ0v) is 89.8. The third kappa shape index (κ3) is 47.4. The number of hydrogen-bond acceptors (Lipinski definition) is 9. The van der Waals surface area contributed by atoms with Crippen LogP contribution < -0.4 is 27.1 Å². The highest BCUT2D eigenvalue weighted by molar-refractivity contribution is 7.43. The van der Waals surface area contributed by atoms with E-state index in [2.05, 4.69) is 241 Å². The summed E-state index contributed by atoms with van der Waals surface area (Å²) in [7, 11) is -5.51. The molecule has 0 N–H and O–H groups in total. The number of rotatable bonds is 77. The van der Waals surface area contributed by atoms with Crippen molar-refractivity contribution >= 4 is 25.8 Å². The van der Waals surface area contributed by atoms with Gasteiger partial charge in [-0.2, -0.15) is 0 Å². The van der Waals surface area contributed by atoms with Gasteiger partial charge in [-0.15, -0.1) is 0 Å². The van der Waals surface area contributed by atoms with Crippen molar-refractivity contribution < 1.29 is 40.7 Å². The van der Waals surface area contributed by atoms with E-state index in [1.807, 2.05) is 0 Å². The van der Waals surface area contributed by atoms with E-state index >= 15 is 0 Å². The molecule has 6 aromatic rings. The Morgan fingerprint density at radius 2 is 0.438 bits per heavy atom. The Bertz CT molecular complexity index is 3670. The summed E-state index contributed by atoms with van der Waals surface area (Å²) in [6.07, 6.45) is 69.1. The predicted octanol–water partition coefficient (Wildman–Crippen LogP) is 40.6. The Balaban J connectivity index is 1.44. The molecule has 0 aromatic heterocycles. The van der Waals surface area contributed by atoms with Crippen LogP contribution in [0.1, 0.15) is 523 Å². The molecule has 4 unspecified atom stereocenters. The van der Waals surface area contributed by atoms with Crippen molar-refractivity contribution in [2.75, 3.05) is 19.8 Å². The van der Waals surface area contributed by atoms with Gasteiger partial charge in [-0.05, 0) is 212 Å². The molecule has 0 spiro atoms. The number of aryl methyl sites for hydroxylation is 6. The van der Waals surface area contributed by atoms with Crippen LogP contribution >= 0.6 is 25.8 Å². The molecule has 12 heteroatoms. The van der Waals surface area contributed by atoms with Gasteiger partial charge in [-0.1, -0.05) is 454 Å². The molecule has 0 aliphatic carbocycles. The zero-order chi connectivity index (χ0) is 93.9. The first-order valence-corrected chi connectivity index (χ1v) is 57.3. The Morgan fingerprint density at radius 3 is 0.662 bits per heavy atom. The Hall–Kier alpha value is -4.71. The largest absolute Gasteiger partial charge is 0.463 e. The minimum atomic E-state index is -1.85. The summed E-state index contributed by atoms with van der Waals surface area (Å²) >= 11 is 0. The molecule has 0 bridgehead atoms. The van der Waals surface area contributed by atoms with Crippen molar-refractivity contribution in [2.45, 2.75) is 513 Å². The molecule has 0 radical (unpaired) electrons. The average molecular weight is 1850 g/mol. The summed E-state index contributed by atoms with van der Waals surface area (Å²) in [5.74, 6) is 4.78. The van der Waals surface area contributed by atoms with Crippen molar-refractivity contribution in [3.05, 3.63) is 176 Å². The molecule has 9 nitrogen and oxygen atoms in total. The summed E-state index contributed by atoms with van der Waals surface area (Å²) < 4.78 is 63.5. The third-order valence-corrected chi connectivity index (χ3v) is 29.8. The van der Waals surface area contributed by atoms with E-state index in [9.17, 15) is 0 Å². The van der Waals surface area contributed by atoms with Crippen LogP contribution in [0.15, 0.2) is 109 Å². The van der Waals surface area contributed by atoms with Gasteiger partial charge in [0, 0.05) is 22.6 Å². The molecule has 0 amide bonds. The maximum Gasteiger partial charge on any atom is 0.463 e. The molecule has 0 fully saturated rings. The first-order chi connectivity index (χ1) is 62.9. The van der Waals surface area contributed by atoms with E-state index < -0.39 is 25.8 Å². The summed E-state index contributed by atoms with van der Waals surface area (Å²) in [5.41, 5.74) is 13.8. The summed E-state index contributed by atoms with van der Waals surface area (Å²) in [6.45, 7) is 45.8. The lowest BCUT2D eigenvalue weighted by Gasteiger charge is -2.33. The SMILES string of the molecule is CCCCCCCCCCCCOP(Oc1ccc(CCCCCCCCC)cc1)Oc1cc(C)c(C(C)CC(c2cc(C(C)(C)C)c(OP(OCCCCCCCCCCCC)Oc3ccc(CCCCCCCCC)cc3)cc2C)c2cc(C(C)(C)C)c(OP(OCCCCCCCCCCCC)Oc3ccc(CCCCCCCCC)cc3)cc2C)cc1C(C)(C)C. The molecule has 0 saturated heterocycles. The van der Waals surface area contributed by atoms with Crippen molar-refractivity contribution in [1.82, 2.24) is 0 Å². The van der Waals surface area contributed by atoms with Crippen molar-refractivity contribution in [1.29, 1.82) is 0 Å². The number of benzene rings is 6. The molecule has 0 saturated carbocycles. The fourth-order valence-electron chi connectivity index (χ4n) is 18.2. The van der Waals surface area contributed by atoms with Crippen LogP contribution in [0.3, 0.4) is 0 Å². The lowest BCUT2D eigenvalue weighted by molar-refractivity contribution is 0.256. The summed E-state index contributed by atoms with van der Waals surface area (Å²) in [5, 5.41) is 0. The molecular formula is C118H193O9P3. The Labute approximate surface area is 804 Å². The van der Waals surface area contributed by atoms with Gasteiger partial charge in [0.25, 0.3) is 0 Å². The van der Waals surface area contributed by atoms with E-state index in [1.54, 1.807) is 0 Å². The fourth-order valence-corrected chi connectivity index (χ4v) is 21.3. The first-order valence-electron chi connectivity index (χ1n) is 54.0. The van der Waals surface area contributed by atoms with Crippen LogP contribution in [-0.2, 0) is 49.1 Å². The smallest absolute Gasteiger partial charge is 0.418 e. The quantitative estimate of drug-likeness (QED) is 0.0274. The van der Waals surface area contributed by atoms with Crippen LogP contribution in [-0.4, -0.2) is 19.8 Å². The van der Waals surface area contributed by atoms with Crippen LogP contribution in [0, 0.1) is 20.8 Å². The van der Waals surface area contributed by atoms with Crippen LogP contribution in [0.25, 0.3) is 0 Å². The second-order valence-corrected chi connectivity index (χ2v) is 45.1. The second kappa shape index (κ2) is 67.5. The minimum absolute atomic E-state index is 0.0778. The zero-order valence-electron chi connectivity index (χ0n) is 87.1. The van der Waals surface area contributed by atoms with E-state index in [0.717, 1.165) is 127 Å². The summed E-state index contributed by atoms with van der Waals surface area (Å²) in [4.78, 5) is 0. The van der Waals surface area contributed by atoms with Crippen molar-refractivity contribution in [3.8, 4) is 34.5 Å². The van der Waals surface area contributed by atoms with Gasteiger partial charge < -0.3 is 27.1 Å². The van der Waals surface area contributed by atoms with Gasteiger partial charge in [-0.25, -0.2) is 0 Å². The number of unbranched alkanes of at least 4 members (excludes halogenated alkanes) is 45. The highest BCUT2D eigenvalue weighted by atomic mass is 31.2. The van der Waals surface area contributed by atoms with Gasteiger partial charge >= 0.3 is 25.8 Å². The minimum Gasteiger partial charge on any atom is -0.418 e. The molecule has 6 rings (SSSR count). The topological polar surface area (TPSA) is 83.1 Å². The molecule has 0 heterocycles. The first kappa shape index (κ1) is 114. The van der Waals surface area contributed by atoms with E-state index in [1.165, 1.54) is 328 Å². The van der Waals surface area contributed by atoms with Crippen LogP contribution in [0.4, 0.5) is 0 Å². The van der Waals surface area contributed by atoms with Gasteiger partial charge in [0.15, 0.2) is 0 Å². The lowest BCUT2D eigenvalue weighted by atomic mass is 9.74. The standard InChI is InChI=1S/C118H193O9P3/c1-20-26-32-38-44-47-50-56-62-68-86-119-128(122-103-80-74-100(75-81-103)71-65-59-53-41-35-29-23-4)125-113-90-97(8)106(93-110(113)116(11,12)13)96(7)89-109(107-94-111(117(14,15)16)114(91-98(107)9)126-129(120-87-69-63-57-51-48-45-39-33-27-21-2)123-104-82-76-101(77-83-104)72-66-60-54-42-36-30-24-5)108-95-112(118(17,18)19)115(92-99(108)10)127-130(121-88-70-64-58-52-49-46-40-34-28-22-3)124-105-84-78-102(79-85-105)73-67-61-55-43-37-31-25-6/h74-85,90-96,109H,20-73,86-89H2,1-19H3. The van der Waals surface area contributed by atoms with Crippen LogP contribution in [0.2, 0.25) is 0 Å². The van der Waals surface area contributed by atoms with E-state index in [0.29, 0.717) is 19.8 Å². The maximum atomic E-state index is 7.36. The molecule has 130 heavy (non-hydrogen) atoms. The molecule has 4 atom stereocenters. The predicted molar refractivity (Wildman–Crippen MR) is 567 cm³/mol. The number of hydrogen-bond donors (Lipinski definition) is 0. The molecule has 0 aliphatic rings. The summed E-state index contributed by atoms with van der Waals surface area (Å²) in [6, 6.07) is 40.7. The molecule has 734 valence electrons.